The predicted molar refractivity (Wildman–Crippen MR) is 78.0 cm³/mol. The number of nitrogens with zero attached hydrogens (tertiary/aromatic N) is 2. The van der Waals surface area contributed by atoms with E-state index in [0.29, 0.717) is 26.2 Å². The largest absolute Gasteiger partial charge is 0.386 e. The van der Waals surface area contributed by atoms with Gasteiger partial charge in [0.1, 0.15) is 10.6 Å². The average molecular weight is 291 g/mol. The highest BCUT2D eigenvalue weighted by molar-refractivity contribution is 7.15. The molecule has 1 aliphatic heterocycles. The number of aromatic nitrogens is 2. The van der Waals surface area contributed by atoms with Gasteiger partial charge in [0.25, 0.3) is 0 Å². The fourth-order valence-electron chi connectivity index (χ4n) is 2.14. The summed E-state index contributed by atoms with van der Waals surface area (Å²) >= 11 is 1.52. The van der Waals surface area contributed by atoms with Crippen LogP contribution in [0.3, 0.4) is 0 Å². The van der Waals surface area contributed by atoms with Crippen molar-refractivity contribution in [2.24, 2.45) is 0 Å². The SMILES string of the molecule is OC1(CNc2nnc(Cc3ccccc3)s2)CCOC1. The molecule has 1 fully saturated rings. The van der Waals surface area contributed by atoms with Crippen molar-refractivity contribution in [3.8, 4) is 0 Å². The number of aliphatic hydroxyl groups is 1. The maximum Gasteiger partial charge on any atom is 0.205 e. The second-order valence-electron chi connectivity index (χ2n) is 5.04. The number of benzene rings is 1. The lowest BCUT2D eigenvalue weighted by Gasteiger charge is -2.19. The van der Waals surface area contributed by atoms with Crippen molar-refractivity contribution >= 4 is 16.5 Å². The summed E-state index contributed by atoms with van der Waals surface area (Å²) in [6.07, 6.45) is 1.45. The summed E-state index contributed by atoms with van der Waals surface area (Å²) in [7, 11) is 0. The smallest absolute Gasteiger partial charge is 0.205 e. The fraction of sp³-hybridized carbons (Fsp3) is 0.429. The Bertz CT molecular complexity index is 553. The van der Waals surface area contributed by atoms with Gasteiger partial charge < -0.3 is 15.2 Å². The van der Waals surface area contributed by atoms with Gasteiger partial charge in [-0.15, -0.1) is 10.2 Å². The van der Waals surface area contributed by atoms with Crippen LogP contribution in [-0.4, -0.2) is 40.7 Å². The first kappa shape index (κ1) is 13.5. The number of anilines is 1. The minimum atomic E-state index is -0.773. The Labute approximate surface area is 121 Å². The summed E-state index contributed by atoms with van der Waals surface area (Å²) in [4.78, 5) is 0. The Morgan fingerprint density at radius 2 is 2.15 bits per heavy atom. The first-order chi connectivity index (χ1) is 9.73. The minimum Gasteiger partial charge on any atom is -0.386 e. The molecular formula is C14H17N3O2S. The average Bonchev–Trinajstić information content (AvgIpc) is 3.08. The summed E-state index contributed by atoms with van der Waals surface area (Å²) in [6.45, 7) is 1.45. The molecular weight excluding hydrogens is 274 g/mol. The quantitative estimate of drug-likeness (QED) is 0.877. The lowest BCUT2D eigenvalue weighted by Crippen LogP contribution is -2.37. The molecule has 0 bridgehead atoms. The minimum absolute atomic E-state index is 0.385. The molecule has 6 heteroatoms. The number of hydrogen-bond donors (Lipinski definition) is 2. The lowest BCUT2D eigenvalue weighted by atomic mass is 10.0. The van der Waals surface area contributed by atoms with E-state index in [1.54, 1.807) is 0 Å². The van der Waals surface area contributed by atoms with Gasteiger partial charge in [0.15, 0.2) is 0 Å². The number of hydrogen-bond acceptors (Lipinski definition) is 6. The molecule has 5 nitrogen and oxygen atoms in total. The fourth-order valence-corrected chi connectivity index (χ4v) is 2.91. The van der Waals surface area contributed by atoms with E-state index >= 15 is 0 Å². The second-order valence-corrected chi connectivity index (χ2v) is 6.11. The Morgan fingerprint density at radius 3 is 2.90 bits per heavy atom. The summed E-state index contributed by atoms with van der Waals surface area (Å²) < 4.78 is 5.21. The van der Waals surface area contributed by atoms with Gasteiger partial charge in [-0.1, -0.05) is 41.7 Å². The monoisotopic (exact) mass is 291 g/mol. The molecule has 1 aliphatic rings. The van der Waals surface area contributed by atoms with Gasteiger partial charge in [0.05, 0.1) is 6.61 Å². The van der Waals surface area contributed by atoms with Gasteiger partial charge >= 0.3 is 0 Å². The molecule has 1 aromatic heterocycles. The van der Waals surface area contributed by atoms with E-state index in [2.05, 4.69) is 27.6 Å². The van der Waals surface area contributed by atoms with Crippen LogP contribution in [0, 0.1) is 0 Å². The number of nitrogens with one attached hydrogen (secondary N) is 1. The zero-order valence-corrected chi connectivity index (χ0v) is 11.9. The zero-order chi connectivity index (χ0) is 13.8. The maximum atomic E-state index is 10.2. The predicted octanol–water partition coefficient (Wildman–Crippen LogP) is 1.69. The molecule has 1 atom stereocenters. The van der Waals surface area contributed by atoms with Crippen LogP contribution < -0.4 is 5.32 Å². The molecule has 2 heterocycles. The van der Waals surface area contributed by atoms with Crippen LogP contribution in [0.15, 0.2) is 30.3 Å². The molecule has 2 N–H and O–H groups in total. The van der Waals surface area contributed by atoms with Gasteiger partial charge in [-0.05, 0) is 5.56 Å². The molecule has 1 saturated heterocycles. The molecule has 3 rings (SSSR count). The van der Waals surface area contributed by atoms with Crippen LogP contribution in [0.25, 0.3) is 0 Å². The molecule has 20 heavy (non-hydrogen) atoms. The highest BCUT2D eigenvalue weighted by Crippen LogP contribution is 2.22. The highest BCUT2D eigenvalue weighted by Gasteiger charge is 2.32. The van der Waals surface area contributed by atoms with Crippen molar-refractivity contribution < 1.29 is 9.84 Å². The second kappa shape index (κ2) is 5.87. The maximum absolute atomic E-state index is 10.2. The first-order valence-electron chi connectivity index (χ1n) is 6.64. The Kier molecular flexibility index (Phi) is 3.95. The molecule has 0 spiro atoms. The van der Waals surface area contributed by atoms with Crippen LogP contribution >= 0.6 is 11.3 Å². The molecule has 0 radical (unpaired) electrons. The number of ether oxygens (including phenoxy) is 1. The van der Waals surface area contributed by atoms with E-state index in [-0.39, 0.29) is 0 Å². The third kappa shape index (κ3) is 3.33. The molecule has 1 aromatic carbocycles. The van der Waals surface area contributed by atoms with Gasteiger partial charge in [-0.2, -0.15) is 0 Å². The van der Waals surface area contributed by atoms with Crippen molar-refractivity contribution in [3.63, 3.8) is 0 Å². The van der Waals surface area contributed by atoms with E-state index in [1.165, 1.54) is 16.9 Å². The zero-order valence-electron chi connectivity index (χ0n) is 11.1. The Hall–Kier alpha value is -1.50. The van der Waals surface area contributed by atoms with Gasteiger partial charge in [-0.3, -0.25) is 0 Å². The van der Waals surface area contributed by atoms with Gasteiger partial charge in [0.2, 0.25) is 5.13 Å². The number of rotatable bonds is 5. The van der Waals surface area contributed by atoms with Gasteiger partial charge in [-0.25, -0.2) is 0 Å². The van der Waals surface area contributed by atoms with Crippen LogP contribution in [-0.2, 0) is 11.2 Å². The lowest BCUT2D eigenvalue weighted by molar-refractivity contribution is 0.0382. The summed E-state index contributed by atoms with van der Waals surface area (Å²) in [6, 6.07) is 10.2. The van der Waals surface area contributed by atoms with Crippen molar-refractivity contribution in [2.75, 3.05) is 25.1 Å². The van der Waals surface area contributed by atoms with Crippen LogP contribution in [0.2, 0.25) is 0 Å². The Morgan fingerprint density at radius 1 is 1.30 bits per heavy atom. The van der Waals surface area contributed by atoms with Crippen LogP contribution in [0.5, 0.6) is 0 Å². The molecule has 1 unspecified atom stereocenters. The van der Waals surface area contributed by atoms with Crippen molar-refractivity contribution in [2.45, 2.75) is 18.4 Å². The molecule has 2 aromatic rings. The third-order valence-electron chi connectivity index (χ3n) is 3.32. The van der Waals surface area contributed by atoms with E-state index in [9.17, 15) is 5.11 Å². The third-order valence-corrected chi connectivity index (χ3v) is 4.20. The van der Waals surface area contributed by atoms with Crippen molar-refractivity contribution in [1.82, 2.24) is 10.2 Å². The normalized spacial score (nSPS) is 22.1. The highest BCUT2D eigenvalue weighted by atomic mass is 32.1. The van der Waals surface area contributed by atoms with E-state index in [4.69, 9.17) is 4.74 Å². The standard InChI is InChI=1S/C14H17N3O2S/c18-14(6-7-19-10-14)9-15-13-17-16-12(20-13)8-11-4-2-1-3-5-11/h1-5,18H,6-10H2,(H,15,17). The molecule has 0 amide bonds. The van der Waals surface area contributed by atoms with Gasteiger partial charge in [0, 0.05) is 26.0 Å². The van der Waals surface area contributed by atoms with Crippen molar-refractivity contribution in [3.05, 3.63) is 40.9 Å². The summed E-state index contributed by atoms with van der Waals surface area (Å²) in [5.41, 5.74) is 0.448. The van der Waals surface area contributed by atoms with E-state index in [1.807, 2.05) is 18.2 Å². The molecule has 0 saturated carbocycles. The van der Waals surface area contributed by atoms with E-state index in [0.717, 1.165) is 16.6 Å². The Balaban J connectivity index is 1.57. The topological polar surface area (TPSA) is 67.3 Å². The van der Waals surface area contributed by atoms with Crippen molar-refractivity contribution in [1.29, 1.82) is 0 Å². The van der Waals surface area contributed by atoms with Crippen LogP contribution in [0.4, 0.5) is 5.13 Å². The molecule has 0 aliphatic carbocycles. The molecule has 106 valence electrons. The summed E-state index contributed by atoms with van der Waals surface area (Å²) in [5, 5.41) is 23.3. The van der Waals surface area contributed by atoms with Crippen LogP contribution in [0.1, 0.15) is 17.0 Å². The first-order valence-corrected chi connectivity index (χ1v) is 7.45. The van der Waals surface area contributed by atoms with E-state index < -0.39 is 5.60 Å². The summed E-state index contributed by atoms with van der Waals surface area (Å²) in [5.74, 6) is 0.